The molecule has 0 aliphatic heterocycles. The summed E-state index contributed by atoms with van der Waals surface area (Å²) in [6.07, 6.45) is 1.63. The largest absolute Gasteiger partial charge is 0.464 e. The topological polar surface area (TPSA) is 88.1 Å². The van der Waals surface area contributed by atoms with E-state index in [-0.39, 0.29) is 11.5 Å². The highest BCUT2D eigenvalue weighted by Gasteiger charge is 2.20. The molecule has 0 radical (unpaired) electrons. The molecule has 0 saturated carbocycles. The molecule has 41 heavy (non-hydrogen) atoms. The van der Waals surface area contributed by atoms with Crippen LogP contribution in [0, 0.1) is 5.92 Å². The summed E-state index contributed by atoms with van der Waals surface area (Å²) in [7, 11) is 0. The first-order chi connectivity index (χ1) is 19.3. The lowest BCUT2D eigenvalue weighted by atomic mass is 9.97. The van der Waals surface area contributed by atoms with E-state index < -0.39 is 17.9 Å². The molecular formula is C34H34O7. The molecule has 0 saturated heterocycles. The smallest absolute Gasteiger partial charge is 0.338 e. The number of benzene rings is 3. The van der Waals surface area contributed by atoms with Crippen LogP contribution in [0.25, 0.3) is 22.3 Å². The third kappa shape index (κ3) is 8.29. The summed E-state index contributed by atoms with van der Waals surface area (Å²) in [6, 6.07) is 17.3. The van der Waals surface area contributed by atoms with Crippen molar-refractivity contribution in [1.29, 1.82) is 0 Å². The van der Waals surface area contributed by atoms with Gasteiger partial charge in [-0.05, 0) is 80.8 Å². The monoisotopic (exact) mass is 554 g/mol. The van der Waals surface area contributed by atoms with Gasteiger partial charge >= 0.3 is 17.9 Å². The van der Waals surface area contributed by atoms with Crippen LogP contribution in [0.15, 0.2) is 96.8 Å². The Kier molecular flexibility index (Phi) is 10.0. The second kappa shape index (κ2) is 13.4. The maximum absolute atomic E-state index is 12.7. The van der Waals surface area contributed by atoms with Crippen molar-refractivity contribution < 1.29 is 33.3 Å². The summed E-state index contributed by atoms with van der Waals surface area (Å²) < 4.78 is 22.6. The zero-order valence-electron chi connectivity index (χ0n) is 24.2. The molecule has 3 aromatic carbocycles. The molecule has 3 rings (SSSR count). The van der Waals surface area contributed by atoms with Crippen molar-refractivity contribution >= 4 is 17.9 Å². The Morgan fingerprint density at radius 1 is 0.659 bits per heavy atom. The summed E-state index contributed by atoms with van der Waals surface area (Å²) in [5.41, 5.74) is 4.23. The third-order valence-electron chi connectivity index (χ3n) is 5.63. The van der Waals surface area contributed by atoms with Crippen molar-refractivity contribution in [3.8, 4) is 45.3 Å². The predicted molar refractivity (Wildman–Crippen MR) is 159 cm³/mol. The molecule has 0 aromatic heterocycles. The van der Waals surface area contributed by atoms with Gasteiger partial charge < -0.3 is 18.9 Å². The van der Waals surface area contributed by atoms with Crippen molar-refractivity contribution in [3.63, 3.8) is 0 Å². The van der Waals surface area contributed by atoms with Crippen LogP contribution in [0.4, 0.5) is 0 Å². The van der Waals surface area contributed by atoms with E-state index in [2.05, 4.69) is 13.2 Å². The lowest BCUT2D eigenvalue weighted by Gasteiger charge is -2.18. The Balaban J connectivity index is 2.13. The zero-order valence-corrected chi connectivity index (χ0v) is 24.2. The van der Waals surface area contributed by atoms with E-state index in [9.17, 15) is 14.4 Å². The molecule has 0 heterocycles. The van der Waals surface area contributed by atoms with Gasteiger partial charge in [-0.1, -0.05) is 51.3 Å². The van der Waals surface area contributed by atoms with Crippen LogP contribution in [0.2, 0.25) is 0 Å². The molecule has 0 fully saturated rings. The number of esters is 3. The second-order valence-electron chi connectivity index (χ2n) is 10.1. The molecule has 7 heteroatoms. The van der Waals surface area contributed by atoms with E-state index in [0.717, 1.165) is 11.1 Å². The van der Waals surface area contributed by atoms with E-state index in [4.69, 9.17) is 18.9 Å². The van der Waals surface area contributed by atoms with Crippen LogP contribution < -0.4 is 18.9 Å². The summed E-state index contributed by atoms with van der Waals surface area (Å²) in [5.74, 6) is -0.243. The Morgan fingerprint density at radius 3 is 1.46 bits per heavy atom. The Bertz CT molecular complexity index is 1500. The maximum atomic E-state index is 12.7. The molecule has 3 aromatic rings. The lowest BCUT2D eigenvalue weighted by Crippen LogP contribution is -2.15. The van der Waals surface area contributed by atoms with Gasteiger partial charge in [-0.25, -0.2) is 9.59 Å². The average molecular weight is 555 g/mol. The van der Waals surface area contributed by atoms with Gasteiger partial charge in [0, 0.05) is 22.3 Å². The molecule has 0 N–H and O–H groups in total. The summed E-state index contributed by atoms with van der Waals surface area (Å²) in [4.78, 5) is 36.5. The zero-order chi connectivity index (χ0) is 30.3. The standard InChI is InChI=1S/C34H34O7/c1-20(2)19-38-30-17-29(25-11-15-27(16-12-25)40-33(36)22(5)6)31(41-34(37)23(7)8)18-28(30)24-9-13-26(14-10-24)39-32(35)21(3)4/h9-19,23H,3,5H2,1-2,4,6-8H3. The first-order valence-corrected chi connectivity index (χ1v) is 13.0. The van der Waals surface area contributed by atoms with Gasteiger partial charge in [-0.3, -0.25) is 4.79 Å². The van der Waals surface area contributed by atoms with E-state index in [0.29, 0.717) is 45.3 Å². The molecular weight excluding hydrogens is 520 g/mol. The summed E-state index contributed by atoms with van der Waals surface area (Å²) >= 11 is 0. The van der Waals surface area contributed by atoms with E-state index in [1.807, 2.05) is 13.8 Å². The highest BCUT2D eigenvalue weighted by Crippen LogP contribution is 2.42. The van der Waals surface area contributed by atoms with Crippen LogP contribution in [-0.2, 0) is 14.4 Å². The van der Waals surface area contributed by atoms with E-state index in [1.165, 1.54) is 0 Å². The molecule has 212 valence electrons. The predicted octanol–water partition coefficient (Wildman–Crippen LogP) is 7.85. The van der Waals surface area contributed by atoms with Crippen LogP contribution in [0.5, 0.6) is 23.0 Å². The summed E-state index contributed by atoms with van der Waals surface area (Å²) in [5, 5.41) is 0. The van der Waals surface area contributed by atoms with Gasteiger partial charge in [0.1, 0.15) is 23.0 Å². The first-order valence-electron chi connectivity index (χ1n) is 13.0. The fourth-order valence-electron chi connectivity index (χ4n) is 3.39. The SMILES string of the molecule is C=C(C)C(=O)Oc1ccc(-c2cc(OC(=O)C(C)C)c(-c3ccc(OC(=O)C(=C)C)cc3)cc2OC=C(C)C)cc1. The molecule has 0 spiro atoms. The number of hydrogen-bond donors (Lipinski definition) is 0. The molecule has 0 bridgehead atoms. The van der Waals surface area contributed by atoms with Gasteiger partial charge in [0.2, 0.25) is 0 Å². The normalized spacial score (nSPS) is 10.4. The van der Waals surface area contributed by atoms with Crippen molar-refractivity contribution in [3.05, 3.63) is 96.8 Å². The number of allylic oxidation sites excluding steroid dienone is 1. The maximum Gasteiger partial charge on any atom is 0.338 e. The Labute approximate surface area is 240 Å². The Hall–Kier alpha value is -4.91. The lowest BCUT2D eigenvalue weighted by molar-refractivity contribution is -0.137. The highest BCUT2D eigenvalue weighted by molar-refractivity contribution is 5.90. The molecule has 0 atom stereocenters. The van der Waals surface area contributed by atoms with Crippen molar-refractivity contribution in [2.45, 2.75) is 41.5 Å². The first kappa shape index (κ1) is 30.6. The number of hydrogen-bond acceptors (Lipinski definition) is 7. The third-order valence-corrected chi connectivity index (χ3v) is 5.63. The molecule has 7 nitrogen and oxygen atoms in total. The van der Waals surface area contributed by atoms with Crippen LogP contribution in [0.3, 0.4) is 0 Å². The molecule has 0 unspecified atom stereocenters. The second-order valence-corrected chi connectivity index (χ2v) is 10.1. The van der Waals surface area contributed by atoms with Crippen molar-refractivity contribution in [1.82, 2.24) is 0 Å². The van der Waals surface area contributed by atoms with Crippen LogP contribution in [0.1, 0.15) is 41.5 Å². The minimum atomic E-state index is -0.522. The molecule has 0 amide bonds. The summed E-state index contributed by atoms with van der Waals surface area (Å²) in [6.45, 7) is 17.7. The van der Waals surface area contributed by atoms with Gasteiger partial charge in [-0.2, -0.15) is 0 Å². The fourth-order valence-corrected chi connectivity index (χ4v) is 3.39. The van der Waals surface area contributed by atoms with E-state index >= 15 is 0 Å². The van der Waals surface area contributed by atoms with Crippen LogP contribution >= 0.6 is 0 Å². The number of carbonyl (C=O) groups excluding carboxylic acids is 3. The quantitative estimate of drug-likeness (QED) is 0.109. The molecule has 0 aliphatic rings. The molecule has 0 aliphatic carbocycles. The van der Waals surface area contributed by atoms with Gasteiger partial charge in [0.25, 0.3) is 0 Å². The number of carbonyl (C=O) groups is 3. The van der Waals surface area contributed by atoms with Gasteiger partial charge in [0.15, 0.2) is 0 Å². The van der Waals surface area contributed by atoms with Gasteiger partial charge in [0.05, 0.1) is 12.2 Å². The average Bonchev–Trinajstić information content (AvgIpc) is 2.92. The minimum absolute atomic E-state index is 0.288. The highest BCUT2D eigenvalue weighted by atomic mass is 16.5. The van der Waals surface area contributed by atoms with Crippen LogP contribution in [-0.4, -0.2) is 17.9 Å². The fraction of sp³-hybridized carbons (Fsp3) is 0.206. The minimum Gasteiger partial charge on any atom is -0.464 e. The van der Waals surface area contributed by atoms with E-state index in [1.54, 1.807) is 94.6 Å². The number of rotatable bonds is 10. The van der Waals surface area contributed by atoms with Crippen molar-refractivity contribution in [2.24, 2.45) is 5.92 Å². The van der Waals surface area contributed by atoms with Crippen molar-refractivity contribution in [2.75, 3.05) is 0 Å². The Morgan fingerprint density at radius 2 is 1.07 bits per heavy atom. The van der Waals surface area contributed by atoms with Gasteiger partial charge in [-0.15, -0.1) is 0 Å². The number of ether oxygens (including phenoxy) is 4.